The predicted octanol–water partition coefficient (Wildman–Crippen LogP) is 8.19. The first-order valence-electron chi connectivity index (χ1n) is 15.0. The highest BCUT2D eigenvalue weighted by Crippen LogP contribution is 2.31. The predicted molar refractivity (Wildman–Crippen MR) is 179 cm³/mol. The number of rotatable bonds is 10. The van der Waals surface area contributed by atoms with Gasteiger partial charge in [0.1, 0.15) is 11.5 Å². The van der Waals surface area contributed by atoms with Crippen LogP contribution in [0, 0.1) is 0 Å². The summed E-state index contributed by atoms with van der Waals surface area (Å²) in [6.45, 7) is 0. The molecule has 0 spiro atoms. The van der Waals surface area contributed by atoms with E-state index in [0.29, 0.717) is 11.1 Å². The van der Waals surface area contributed by atoms with Crippen molar-refractivity contribution in [3.05, 3.63) is 202 Å². The molecule has 0 saturated carbocycles. The number of hydrogen-bond acceptors (Lipinski definition) is 7. The minimum absolute atomic E-state index is 0.0238. The number of carbonyl (C=O) groups excluding carboxylic acids is 5. The molecule has 0 aliphatic rings. The Balaban J connectivity index is 1.40. The molecule has 0 aliphatic heterocycles. The Morgan fingerprint density at radius 2 is 0.604 bits per heavy atom. The molecular weight excluding hydrogens is 604 g/mol. The molecule has 0 heterocycles. The lowest BCUT2D eigenvalue weighted by Gasteiger charge is -2.16. The summed E-state index contributed by atoms with van der Waals surface area (Å²) in [7, 11) is 0. The number of carbonyl (C=O) groups is 5. The van der Waals surface area contributed by atoms with Gasteiger partial charge in [0, 0.05) is 33.4 Å². The Kier molecular flexibility index (Phi) is 9.21. The molecule has 0 bridgehead atoms. The van der Waals surface area contributed by atoms with Crippen molar-refractivity contribution >= 4 is 29.3 Å². The van der Waals surface area contributed by atoms with E-state index in [2.05, 4.69) is 0 Å². The van der Waals surface area contributed by atoms with Crippen molar-refractivity contribution in [2.24, 2.45) is 0 Å². The van der Waals surface area contributed by atoms with Crippen LogP contribution in [-0.2, 0) is 0 Å². The topological polar surface area (TPSA) is 104 Å². The second-order valence-corrected chi connectivity index (χ2v) is 10.6. The zero-order valence-corrected chi connectivity index (χ0v) is 25.4. The van der Waals surface area contributed by atoms with Crippen LogP contribution in [0.1, 0.15) is 63.7 Å². The third-order valence-electron chi connectivity index (χ3n) is 7.53. The molecule has 6 rings (SSSR count). The van der Waals surface area contributed by atoms with Crippen LogP contribution >= 0.6 is 0 Å². The van der Waals surface area contributed by atoms with Gasteiger partial charge in [0.15, 0.2) is 23.1 Å². The van der Waals surface area contributed by atoms with Gasteiger partial charge in [-0.05, 0) is 12.1 Å². The fourth-order valence-electron chi connectivity index (χ4n) is 5.24. The maximum atomic E-state index is 13.9. The van der Waals surface area contributed by atoms with Gasteiger partial charge in [0.25, 0.3) is 0 Å². The molecule has 0 aliphatic carbocycles. The molecule has 232 valence electrons. The number of ketones is 4. The normalized spacial score (nSPS) is 10.5. The van der Waals surface area contributed by atoms with Gasteiger partial charge in [-0.3, -0.25) is 19.2 Å². The van der Waals surface area contributed by atoms with E-state index in [0.717, 1.165) is 0 Å². The van der Waals surface area contributed by atoms with Crippen molar-refractivity contribution in [1.29, 1.82) is 0 Å². The van der Waals surface area contributed by atoms with Gasteiger partial charge < -0.3 is 9.47 Å². The average Bonchev–Trinajstić information content (AvgIpc) is 3.15. The highest BCUT2D eigenvalue weighted by molar-refractivity contribution is 6.22. The molecule has 0 unspecified atom stereocenters. The second kappa shape index (κ2) is 14.1. The lowest BCUT2D eigenvalue weighted by atomic mass is 9.92. The van der Waals surface area contributed by atoms with Crippen LogP contribution in [0.2, 0.25) is 0 Å². The third-order valence-corrected chi connectivity index (χ3v) is 7.53. The summed E-state index contributed by atoms with van der Waals surface area (Å²) in [5, 5.41) is 0. The van der Waals surface area contributed by atoms with Crippen LogP contribution in [0.4, 0.5) is 4.79 Å². The molecule has 6 aromatic carbocycles. The maximum absolute atomic E-state index is 13.9. The van der Waals surface area contributed by atoms with Gasteiger partial charge in [-0.2, -0.15) is 0 Å². The van der Waals surface area contributed by atoms with Crippen molar-refractivity contribution in [2.45, 2.75) is 0 Å². The van der Waals surface area contributed by atoms with Crippen LogP contribution in [-0.4, -0.2) is 29.3 Å². The molecule has 0 radical (unpaired) electrons. The van der Waals surface area contributed by atoms with E-state index in [-0.39, 0.29) is 44.9 Å². The second-order valence-electron chi connectivity index (χ2n) is 10.6. The summed E-state index contributed by atoms with van der Waals surface area (Å²) >= 11 is 0. The largest absolute Gasteiger partial charge is 0.519 e. The minimum atomic E-state index is -1.28. The molecule has 48 heavy (non-hydrogen) atoms. The minimum Gasteiger partial charge on any atom is -0.394 e. The fourth-order valence-corrected chi connectivity index (χ4v) is 5.24. The van der Waals surface area contributed by atoms with Gasteiger partial charge in [-0.25, -0.2) is 4.79 Å². The van der Waals surface area contributed by atoms with E-state index >= 15 is 0 Å². The van der Waals surface area contributed by atoms with Crippen molar-refractivity contribution in [3.63, 3.8) is 0 Å². The highest BCUT2D eigenvalue weighted by Gasteiger charge is 2.28. The first-order valence-corrected chi connectivity index (χ1v) is 15.0. The molecule has 0 atom stereocenters. The summed E-state index contributed by atoms with van der Waals surface area (Å²) in [5.41, 5.74) is 0.989. The van der Waals surface area contributed by atoms with E-state index in [1.165, 1.54) is 36.4 Å². The molecule has 0 saturated heterocycles. The standard InChI is InChI=1S/C41H26O7/c42-37(27-15-5-1-6-16-27)31-23-13-25-33(35(31)39(44)29-19-9-3-10-20-29)47-41(46)48-34-26-14-24-32(38(43)28-17-7-2-8-18-28)36(34)40(45)30-21-11-4-12-22-30/h1-26H. The van der Waals surface area contributed by atoms with Crippen LogP contribution in [0.3, 0.4) is 0 Å². The van der Waals surface area contributed by atoms with Crippen molar-refractivity contribution in [3.8, 4) is 11.5 Å². The van der Waals surface area contributed by atoms with Crippen molar-refractivity contribution in [1.82, 2.24) is 0 Å². The number of benzene rings is 6. The van der Waals surface area contributed by atoms with Crippen LogP contribution in [0.5, 0.6) is 11.5 Å². The van der Waals surface area contributed by atoms with Crippen LogP contribution < -0.4 is 9.47 Å². The molecule has 0 aromatic heterocycles. The molecule has 7 nitrogen and oxygen atoms in total. The molecule has 6 aromatic rings. The summed E-state index contributed by atoms with van der Waals surface area (Å²) < 4.78 is 11.2. The lowest BCUT2D eigenvalue weighted by molar-refractivity contribution is 0.0995. The van der Waals surface area contributed by atoms with Crippen molar-refractivity contribution < 1.29 is 33.4 Å². The monoisotopic (exact) mass is 630 g/mol. The smallest absolute Gasteiger partial charge is 0.394 e. The zero-order chi connectivity index (χ0) is 33.5. The quantitative estimate of drug-likeness (QED) is 0.0854. The van der Waals surface area contributed by atoms with E-state index in [9.17, 15) is 24.0 Å². The molecule has 0 N–H and O–H groups in total. The van der Waals surface area contributed by atoms with Gasteiger partial charge in [0.2, 0.25) is 0 Å². The summed E-state index contributed by atoms with van der Waals surface area (Å²) in [6, 6.07) is 42.1. The number of hydrogen-bond donors (Lipinski definition) is 0. The summed E-state index contributed by atoms with van der Waals surface area (Å²) in [4.78, 5) is 68.4. The van der Waals surface area contributed by atoms with Gasteiger partial charge >= 0.3 is 6.16 Å². The van der Waals surface area contributed by atoms with E-state index in [1.807, 2.05) is 0 Å². The van der Waals surface area contributed by atoms with Gasteiger partial charge in [-0.1, -0.05) is 146 Å². The van der Waals surface area contributed by atoms with Crippen molar-refractivity contribution in [2.75, 3.05) is 0 Å². The highest BCUT2D eigenvalue weighted by atomic mass is 16.7. The Morgan fingerprint density at radius 1 is 0.312 bits per heavy atom. The molecule has 0 fully saturated rings. The van der Waals surface area contributed by atoms with Crippen LogP contribution in [0.25, 0.3) is 0 Å². The maximum Gasteiger partial charge on any atom is 0.519 e. The summed E-state index contributed by atoms with van der Waals surface area (Å²) in [5.74, 6) is -2.43. The third kappa shape index (κ3) is 6.61. The van der Waals surface area contributed by atoms with E-state index in [1.54, 1.807) is 121 Å². The first-order chi connectivity index (χ1) is 23.4. The lowest BCUT2D eigenvalue weighted by Crippen LogP contribution is -2.20. The summed E-state index contributed by atoms with van der Waals surface area (Å²) in [6.07, 6.45) is -1.28. The molecule has 7 heteroatoms. The average molecular weight is 631 g/mol. The SMILES string of the molecule is O=C(Oc1cccc(C(=O)c2ccccc2)c1C(=O)c1ccccc1)Oc1cccc(C(=O)c2ccccc2)c1C(=O)c1ccccc1. The zero-order valence-electron chi connectivity index (χ0n) is 25.4. The Morgan fingerprint density at radius 3 is 0.917 bits per heavy atom. The van der Waals surface area contributed by atoms with Gasteiger partial charge in [0.05, 0.1) is 11.1 Å². The Bertz CT molecular complexity index is 1990. The first kappa shape index (κ1) is 31.3. The van der Waals surface area contributed by atoms with Gasteiger partial charge in [-0.15, -0.1) is 0 Å². The molecular formula is C41H26O7. The Hall–Kier alpha value is -6.73. The fraction of sp³-hybridized carbons (Fsp3) is 0. The number of ether oxygens (including phenoxy) is 2. The Labute approximate surface area is 276 Å². The van der Waals surface area contributed by atoms with E-state index in [4.69, 9.17) is 9.47 Å². The van der Waals surface area contributed by atoms with Crippen LogP contribution in [0.15, 0.2) is 158 Å². The van der Waals surface area contributed by atoms with E-state index < -0.39 is 29.3 Å². The molecule has 0 amide bonds.